The number of carbonyl (C=O) groups is 4. The second-order valence-corrected chi connectivity index (χ2v) is 27.4. The van der Waals surface area contributed by atoms with Gasteiger partial charge in [0.05, 0.1) is 26.4 Å². The summed E-state index contributed by atoms with van der Waals surface area (Å²) in [6.45, 7) is 7.11. The summed E-state index contributed by atoms with van der Waals surface area (Å²) >= 11 is 0. The first-order chi connectivity index (χ1) is 41.6. The van der Waals surface area contributed by atoms with E-state index in [0.717, 1.165) is 115 Å². The van der Waals surface area contributed by atoms with Gasteiger partial charge in [0.2, 0.25) is 0 Å². The van der Waals surface area contributed by atoms with Gasteiger partial charge in [-0.2, -0.15) is 0 Å². The average Bonchev–Trinajstić information content (AvgIpc) is 3.71. The van der Waals surface area contributed by atoms with E-state index in [4.69, 9.17) is 37.0 Å². The number of aliphatic hydroxyl groups is 1. The topological polar surface area (TPSA) is 237 Å². The van der Waals surface area contributed by atoms with Gasteiger partial charge in [-0.3, -0.25) is 37.3 Å². The summed E-state index contributed by atoms with van der Waals surface area (Å²) in [5.41, 5.74) is 0. The smallest absolute Gasteiger partial charge is 0.462 e. The summed E-state index contributed by atoms with van der Waals surface area (Å²) in [7, 11) is -9.88. The molecule has 86 heavy (non-hydrogen) atoms. The number of phosphoric ester groups is 2. The fourth-order valence-corrected chi connectivity index (χ4v) is 11.7. The van der Waals surface area contributed by atoms with E-state index in [1.165, 1.54) is 148 Å². The molecule has 0 rings (SSSR count). The number of esters is 4. The summed E-state index contributed by atoms with van der Waals surface area (Å²) in [5, 5.41) is 10.5. The summed E-state index contributed by atoms with van der Waals surface area (Å²) in [6, 6.07) is 0. The van der Waals surface area contributed by atoms with Crippen LogP contribution in [0.1, 0.15) is 343 Å². The fourth-order valence-electron chi connectivity index (χ4n) is 10.1. The van der Waals surface area contributed by atoms with Crippen molar-refractivity contribution in [1.82, 2.24) is 0 Å². The predicted molar refractivity (Wildman–Crippen MR) is 345 cm³/mol. The first-order valence-corrected chi connectivity index (χ1v) is 38.2. The number of phosphoric acid groups is 2. The molecule has 0 aliphatic carbocycles. The highest BCUT2D eigenvalue weighted by molar-refractivity contribution is 7.47. The normalized spacial score (nSPS) is 14.5. The highest BCUT2D eigenvalue weighted by Crippen LogP contribution is 2.45. The second-order valence-electron chi connectivity index (χ2n) is 24.5. The zero-order chi connectivity index (χ0) is 63.5. The molecule has 3 N–H and O–H groups in total. The lowest BCUT2D eigenvalue weighted by Crippen LogP contribution is -2.30. The Balaban J connectivity index is 5.10. The first-order valence-electron chi connectivity index (χ1n) is 35.2. The molecule has 0 aliphatic rings. The SMILES string of the molecule is CCCCCCCCCCCCCCCCCCCCCCC(=O)O[C@H](COC(=O)CCCCCCCCCCCCC(C)CC)COP(=O)(O)OC[C@@H](O)COP(=O)(O)OC[C@@H](COC(=O)CCCCCCC)OC(=O)CCCCCCCCC. The molecule has 17 nitrogen and oxygen atoms in total. The van der Waals surface area contributed by atoms with Gasteiger partial charge in [0.1, 0.15) is 19.3 Å². The minimum absolute atomic E-state index is 0.103. The maximum Gasteiger partial charge on any atom is 0.472 e. The maximum absolute atomic E-state index is 13.0. The average molecular weight is 1270 g/mol. The first kappa shape index (κ1) is 84.1. The van der Waals surface area contributed by atoms with Crippen molar-refractivity contribution in [2.24, 2.45) is 5.92 Å². The molecular weight excluding hydrogens is 1140 g/mol. The van der Waals surface area contributed by atoms with Gasteiger partial charge in [-0.15, -0.1) is 0 Å². The van der Waals surface area contributed by atoms with Gasteiger partial charge >= 0.3 is 39.5 Å². The Kier molecular flexibility index (Phi) is 59.2. The van der Waals surface area contributed by atoms with Gasteiger partial charge < -0.3 is 33.8 Å². The van der Waals surface area contributed by atoms with E-state index in [2.05, 4.69) is 34.6 Å². The molecule has 0 heterocycles. The van der Waals surface area contributed by atoms with E-state index in [1.54, 1.807) is 0 Å². The van der Waals surface area contributed by atoms with Crippen molar-refractivity contribution < 1.29 is 80.2 Å². The van der Waals surface area contributed by atoms with Crippen LogP contribution in [0, 0.1) is 5.92 Å². The molecule has 0 bridgehead atoms. The molecule has 0 aromatic carbocycles. The van der Waals surface area contributed by atoms with Crippen LogP contribution in [0.2, 0.25) is 0 Å². The summed E-state index contributed by atoms with van der Waals surface area (Å²) in [6.07, 6.45) is 46.4. The predicted octanol–water partition coefficient (Wildman–Crippen LogP) is 19.0. The molecule has 0 spiro atoms. The Morgan fingerprint density at radius 1 is 0.326 bits per heavy atom. The Morgan fingerprint density at radius 2 is 0.558 bits per heavy atom. The van der Waals surface area contributed by atoms with Gasteiger partial charge in [-0.1, -0.05) is 291 Å². The van der Waals surface area contributed by atoms with Gasteiger partial charge in [0.25, 0.3) is 0 Å². The van der Waals surface area contributed by atoms with E-state index in [0.29, 0.717) is 25.7 Å². The zero-order valence-corrected chi connectivity index (χ0v) is 57.2. The van der Waals surface area contributed by atoms with E-state index >= 15 is 0 Å². The van der Waals surface area contributed by atoms with Gasteiger partial charge in [-0.25, -0.2) is 9.13 Å². The molecule has 0 aliphatic heterocycles. The Hall–Kier alpha value is -1.94. The highest BCUT2D eigenvalue weighted by atomic mass is 31.2. The fraction of sp³-hybridized carbons (Fsp3) is 0.940. The number of aliphatic hydroxyl groups excluding tert-OH is 1. The van der Waals surface area contributed by atoms with E-state index in [-0.39, 0.29) is 25.7 Å². The summed E-state index contributed by atoms with van der Waals surface area (Å²) in [4.78, 5) is 72.0. The van der Waals surface area contributed by atoms with E-state index in [9.17, 15) is 43.2 Å². The Bertz CT molecular complexity index is 1670. The van der Waals surface area contributed by atoms with Crippen molar-refractivity contribution in [3.63, 3.8) is 0 Å². The van der Waals surface area contributed by atoms with Crippen LogP contribution in [0.5, 0.6) is 0 Å². The van der Waals surface area contributed by atoms with Crippen molar-refractivity contribution in [3.05, 3.63) is 0 Å². The maximum atomic E-state index is 13.0. The lowest BCUT2D eigenvalue weighted by atomic mass is 9.99. The number of carbonyl (C=O) groups excluding carboxylic acids is 4. The molecule has 0 aromatic heterocycles. The Morgan fingerprint density at radius 3 is 0.826 bits per heavy atom. The number of unbranched alkanes of at least 4 members (excludes halogenated alkanes) is 38. The number of hydrogen-bond donors (Lipinski definition) is 3. The van der Waals surface area contributed by atoms with Crippen molar-refractivity contribution in [3.8, 4) is 0 Å². The van der Waals surface area contributed by atoms with Crippen LogP contribution >= 0.6 is 15.6 Å². The van der Waals surface area contributed by atoms with Crippen molar-refractivity contribution in [2.75, 3.05) is 39.6 Å². The molecule has 0 aromatic rings. The van der Waals surface area contributed by atoms with Gasteiger partial charge in [0, 0.05) is 25.7 Å². The summed E-state index contributed by atoms with van der Waals surface area (Å²) < 4.78 is 67.8. The van der Waals surface area contributed by atoms with Gasteiger partial charge in [0.15, 0.2) is 12.2 Å². The summed E-state index contributed by atoms with van der Waals surface area (Å²) in [5.74, 6) is -1.33. The largest absolute Gasteiger partial charge is 0.472 e. The molecular formula is C67H130O17P2. The molecule has 0 saturated heterocycles. The third-order valence-corrected chi connectivity index (χ3v) is 17.8. The lowest BCUT2D eigenvalue weighted by molar-refractivity contribution is -0.161. The molecule has 0 fully saturated rings. The molecule has 19 heteroatoms. The molecule has 0 amide bonds. The number of hydrogen-bond acceptors (Lipinski definition) is 15. The zero-order valence-electron chi connectivity index (χ0n) is 55.4. The van der Waals surface area contributed by atoms with Crippen LogP contribution in [0.3, 0.4) is 0 Å². The van der Waals surface area contributed by atoms with Gasteiger partial charge in [-0.05, 0) is 31.6 Å². The minimum Gasteiger partial charge on any atom is -0.462 e. The number of rotatable bonds is 67. The molecule has 6 atom stereocenters. The van der Waals surface area contributed by atoms with Crippen LogP contribution in [0.15, 0.2) is 0 Å². The van der Waals surface area contributed by atoms with E-state index < -0.39 is 97.5 Å². The third kappa shape index (κ3) is 59.7. The van der Waals surface area contributed by atoms with Crippen LogP contribution in [-0.2, 0) is 65.4 Å². The van der Waals surface area contributed by atoms with Crippen LogP contribution in [-0.4, -0.2) is 96.7 Å². The van der Waals surface area contributed by atoms with Crippen molar-refractivity contribution in [1.29, 1.82) is 0 Å². The lowest BCUT2D eigenvalue weighted by Gasteiger charge is -2.21. The van der Waals surface area contributed by atoms with Crippen LogP contribution < -0.4 is 0 Å². The van der Waals surface area contributed by atoms with Crippen LogP contribution in [0.25, 0.3) is 0 Å². The quantitative estimate of drug-likeness (QED) is 0.0222. The monoisotopic (exact) mass is 1270 g/mol. The highest BCUT2D eigenvalue weighted by Gasteiger charge is 2.30. The second kappa shape index (κ2) is 60.6. The number of ether oxygens (including phenoxy) is 4. The van der Waals surface area contributed by atoms with Crippen molar-refractivity contribution >= 4 is 39.5 Å². The molecule has 0 saturated carbocycles. The Labute approximate surface area is 524 Å². The standard InChI is InChI=1S/C67H130O17P2/c1-6-10-13-16-18-19-20-21-22-23-24-25-26-27-28-29-34-38-43-48-53-67(72)84-63(57-78-65(70)51-46-41-37-33-31-30-32-36-40-44-49-60(5)9-4)59-82-86(75,76)80-55-61(68)54-79-85(73,74)81-58-62(56-77-64(69)50-45-39-15-12-8-3)83-66(71)52-47-42-35-17-14-11-7-2/h60-63,68H,6-59H2,1-5H3,(H,73,74)(H,75,76)/t60?,61-,62+,63+/m0/s1. The molecule has 510 valence electrons. The molecule has 3 unspecified atom stereocenters. The van der Waals surface area contributed by atoms with Crippen LogP contribution in [0.4, 0.5) is 0 Å². The van der Waals surface area contributed by atoms with Crippen molar-refractivity contribution in [2.45, 2.75) is 361 Å². The molecule has 0 radical (unpaired) electrons. The van der Waals surface area contributed by atoms with E-state index in [1.807, 2.05) is 0 Å². The minimum atomic E-state index is -4.95. The third-order valence-electron chi connectivity index (χ3n) is 15.9.